The molecule has 0 radical (unpaired) electrons. The van der Waals surface area contributed by atoms with Crippen LogP contribution in [0, 0.1) is 5.82 Å². The molecule has 1 aromatic heterocycles. The molecule has 0 fully saturated rings. The summed E-state index contributed by atoms with van der Waals surface area (Å²) >= 11 is 3.33. The van der Waals surface area contributed by atoms with Crippen LogP contribution in [-0.4, -0.2) is 17.6 Å². The number of nitrogens with one attached hydrogen (secondary N) is 1. The van der Waals surface area contributed by atoms with Gasteiger partial charge < -0.3 is 14.6 Å². The number of amides is 1. The minimum absolute atomic E-state index is 0.141. The fraction of sp³-hybridized carbons (Fsp3) is 0.214. The van der Waals surface area contributed by atoms with Crippen molar-refractivity contribution in [2.45, 2.75) is 13.5 Å². The van der Waals surface area contributed by atoms with Gasteiger partial charge in [0.25, 0.3) is 5.91 Å². The van der Waals surface area contributed by atoms with Crippen molar-refractivity contribution in [2.24, 2.45) is 0 Å². The zero-order valence-electron chi connectivity index (χ0n) is 11.1. The molecule has 4 nitrogen and oxygen atoms in total. The average Bonchev–Trinajstić information content (AvgIpc) is 2.80. The molecule has 0 saturated heterocycles. The lowest BCUT2D eigenvalue weighted by Gasteiger charge is -2.09. The van der Waals surface area contributed by atoms with Gasteiger partial charge in [0.15, 0.2) is 11.6 Å². The summed E-state index contributed by atoms with van der Waals surface area (Å²) in [4.78, 5) is 12.2. The largest absolute Gasteiger partial charge is 0.494 e. The highest BCUT2D eigenvalue weighted by Gasteiger charge is 2.13. The first-order valence-corrected chi connectivity index (χ1v) is 6.85. The zero-order chi connectivity index (χ0) is 14.7. The summed E-state index contributed by atoms with van der Waals surface area (Å²) in [6.07, 6.45) is 1.82. The molecule has 6 heteroatoms. The van der Waals surface area contributed by atoms with E-state index in [9.17, 15) is 9.18 Å². The van der Waals surface area contributed by atoms with Gasteiger partial charge in [0, 0.05) is 29.0 Å². The minimum Gasteiger partial charge on any atom is -0.494 e. The Bertz CT molecular complexity index is 640. The smallest absolute Gasteiger partial charge is 0.272 e. The van der Waals surface area contributed by atoms with Crippen LogP contribution in [0.15, 0.2) is 34.9 Å². The van der Waals surface area contributed by atoms with E-state index < -0.39 is 5.82 Å². The molecule has 0 unspecified atom stereocenters. The van der Waals surface area contributed by atoms with Gasteiger partial charge in [-0.05, 0) is 41.1 Å². The van der Waals surface area contributed by atoms with Gasteiger partial charge in [0.1, 0.15) is 5.69 Å². The molecular weight excluding hydrogens is 327 g/mol. The number of aryl methyl sites for hydroxylation is 1. The molecule has 0 spiro atoms. The molecule has 106 valence electrons. The third kappa shape index (κ3) is 3.01. The van der Waals surface area contributed by atoms with Gasteiger partial charge in [0.05, 0.1) is 7.11 Å². The summed E-state index contributed by atoms with van der Waals surface area (Å²) < 4.78 is 21.0. The molecule has 2 aromatic rings. The Morgan fingerprint density at radius 2 is 2.20 bits per heavy atom. The fourth-order valence-corrected chi connectivity index (χ4v) is 2.33. The maximum atomic E-state index is 13.6. The molecular formula is C14H14BrFN2O2. The minimum atomic E-state index is -0.516. The number of halogens is 2. The Hall–Kier alpha value is -1.82. The lowest BCUT2D eigenvalue weighted by molar-refractivity contribution is 0.101. The molecule has 1 amide bonds. The third-order valence-electron chi connectivity index (χ3n) is 2.85. The summed E-state index contributed by atoms with van der Waals surface area (Å²) in [6, 6.07) is 6.01. The Balaban J connectivity index is 2.21. The molecule has 1 aromatic carbocycles. The summed E-state index contributed by atoms with van der Waals surface area (Å²) in [7, 11) is 1.39. The monoisotopic (exact) mass is 340 g/mol. The van der Waals surface area contributed by atoms with E-state index in [-0.39, 0.29) is 11.7 Å². The number of nitrogens with zero attached hydrogens (tertiary/aromatic N) is 1. The van der Waals surface area contributed by atoms with Crippen LogP contribution in [0.25, 0.3) is 0 Å². The molecule has 0 aliphatic rings. The first-order chi connectivity index (χ1) is 9.55. The number of aromatic nitrogens is 1. The third-order valence-corrected chi connectivity index (χ3v) is 3.28. The summed E-state index contributed by atoms with van der Waals surface area (Å²) in [5.74, 6) is -0.665. The van der Waals surface area contributed by atoms with Crippen molar-refractivity contribution in [3.63, 3.8) is 0 Å². The number of rotatable bonds is 4. The van der Waals surface area contributed by atoms with E-state index in [0.717, 1.165) is 4.47 Å². The predicted molar refractivity (Wildman–Crippen MR) is 78.7 cm³/mol. The topological polar surface area (TPSA) is 43.3 Å². The molecule has 0 aliphatic heterocycles. The second-order valence-corrected chi connectivity index (χ2v) is 5.05. The van der Waals surface area contributed by atoms with E-state index >= 15 is 0 Å². The maximum Gasteiger partial charge on any atom is 0.272 e. The second kappa shape index (κ2) is 6.09. The number of benzene rings is 1. The average molecular weight is 341 g/mol. The van der Waals surface area contributed by atoms with Gasteiger partial charge in [-0.1, -0.05) is 0 Å². The van der Waals surface area contributed by atoms with Gasteiger partial charge in [-0.25, -0.2) is 4.39 Å². The zero-order valence-corrected chi connectivity index (χ0v) is 12.7. The predicted octanol–water partition coefficient (Wildman–Crippen LogP) is 3.67. The van der Waals surface area contributed by atoms with Crippen molar-refractivity contribution in [2.75, 3.05) is 12.4 Å². The van der Waals surface area contributed by atoms with Gasteiger partial charge in [0.2, 0.25) is 0 Å². The van der Waals surface area contributed by atoms with Gasteiger partial charge in [-0.3, -0.25) is 4.79 Å². The van der Waals surface area contributed by atoms with E-state index in [1.165, 1.54) is 19.2 Å². The lowest BCUT2D eigenvalue weighted by Crippen LogP contribution is -2.16. The van der Waals surface area contributed by atoms with Crippen LogP contribution >= 0.6 is 15.9 Å². The standard InChI is InChI=1S/C14H14BrFN2O2/c1-3-18-8-9(15)6-12(18)14(19)17-10-4-5-13(20-2)11(16)7-10/h4-8H,3H2,1-2H3,(H,17,19). The highest BCUT2D eigenvalue weighted by atomic mass is 79.9. The molecule has 2 rings (SSSR count). The number of hydrogen-bond donors (Lipinski definition) is 1. The quantitative estimate of drug-likeness (QED) is 0.922. The highest BCUT2D eigenvalue weighted by Crippen LogP contribution is 2.22. The molecule has 0 bridgehead atoms. The van der Waals surface area contributed by atoms with Crippen molar-refractivity contribution in [1.29, 1.82) is 0 Å². The second-order valence-electron chi connectivity index (χ2n) is 4.13. The Morgan fingerprint density at radius 3 is 2.80 bits per heavy atom. The summed E-state index contributed by atoms with van der Waals surface area (Å²) in [5.41, 5.74) is 0.892. The van der Waals surface area contributed by atoms with Crippen LogP contribution in [-0.2, 0) is 6.54 Å². The van der Waals surface area contributed by atoms with E-state index in [2.05, 4.69) is 21.2 Å². The summed E-state index contributed by atoms with van der Waals surface area (Å²) in [5, 5.41) is 2.66. The number of carbonyl (C=O) groups is 1. The van der Waals surface area contributed by atoms with Crippen molar-refractivity contribution in [1.82, 2.24) is 4.57 Å². The van der Waals surface area contributed by atoms with E-state index in [1.807, 2.05) is 13.1 Å². The normalized spacial score (nSPS) is 10.4. The summed E-state index contributed by atoms with van der Waals surface area (Å²) in [6.45, 7) is 2.61. The highest BCUT2D eigenvalue weighted by molar-refractivity contribution is 9.10. The Morgan fingerprint density at radius 1 is 1.45 bits per heavy atom. The Labute approximate surface area is 124 Å². The van der Waals surface area contributed by atoms with Crippen LogP contribution in [0.4, 0.5) is 10.1 Å². The van der Waals surface area contributed by atoms with Crippen molar-refractivity contribution < 1.29 is 13.9 Å². The number of carbonyl (C=O) groups excluding carboxylic acids is 1. The molecule has 0 saturated carbocycles. The first-order valence-electron chi connectivity index (χ1n) is 6.05. The van der Waals surface area contributed by atoms with Crippen LogP contribution in [0.2, 0.25) is 0 Å². The lowest BCUT2D eigenvalue weighted by atomic mass is 10.2. The maximum absolute atomic E-state index is 13.6. The molecule has 20 heavy (non-hydrogen) atoms. The van der Waals surface area contributed by atoms with Crippen molar-refractivity contribution in [3.8, 4) is 5.75 Å². The molecule has 0 atom stereocenters. The van der Waals surface area contributed by atoms with Crippen LogP contribution in [0.3, 0.4) is 0 Å². The van der Waals surface area contributed by atoms with Crippen LogP contribution in [0.1, 0.15) is 17.4 Å². The van der Waals surface area contributed by atoms with Gasteiger partial charge >= 0.3 is 0 Å². The molecule has 1 N–H and O–H groups in total. The van der Waals surface area contributed by atoms with E-state index in [1.54, 1.807) is 16.7 Å². The number of anilines is 1. The van der Waals surface area contributed by atoms with Crippen LogP contribution < -0.4 is 10.1 Å². The Kier molecular flexibility index (Phi) is 4.44. The SMILES string of the molecule is CCn1cc(Br)cc1C(=O)Nc1ccc(OC)c(F)c1. The van der Waals surface area contributed by atoms with Crippen molar-refractivity contribution >= 4 is 27.5 Å². The van der Waals surface area contributed by atoms with Gasteiger partial charge in [-0.15, -0.1) is 0 Å². The van der Waals surface area contributed by atoms with Crippen LogP contribution in [0.5, 0.6) is 5.75 Å². The van der Waals surface area contributed by atoms with E-state index in [0.29, 0.717) is 17.9 Å². The fourth-order valence-electron chi connectivity index (χ4n) is 1.87. The van der Waals surface area contributed by atoms with Gasteiger partial charge in [-0.2, -0.15) is 0 Å². The first kappa shape index (κ1) is 14.6. The van der Waals surface area contributed by atoms with Crippen molar-refractivity contribution in [3.05, 3.63) is 46.4 Å². The molecule has 1 heterocycles. The number of ether oxygens (including phenoxy) is 1. The van der Waals surface area contributed by atoms with E-state index in [4.69, 9.17) is 4.74 Å². The number of hydrogen-bond acceptors (Lipinski definition) is 2. The number of methoxy groups -OCH3 is 1. The molecule has 0 aliphatic carbocycles.